The Kier molecular flexibility index (Phi) is 4.09. The van der Waals surface area contributed by atoms with E-state index < -0.39 is 0 Å². The van der Waals surface area contributed by atoms with Crippen LogP contribution in [0.15, 0.2) is 0 Å². The summed E-state index contributed by atoms with van der Waals surface area (Å²) in [6.45, 7) is 10.4. The maximum absolute atomic E-state index is 13.1. The molecule has 100 valence electrons. The SMILES string of the molecule is CCC(CCC(C)C)N1CC2(CCN(F)C2)C1. The molecule has 0 saturated carbocycles. The van der Waals surface area contributed by atoms with E-state index in [9.17, 15) is 4.48 Å². The second kappa shape index (κ2) is 5.23. The van der Waals surface area contributed by atoms with Gasteiger partial charge in [0, 0.05) is 37.6 Å². The van der Waals surface area contributed by atoms with Crippen LogP contribution in [0.25, 0.3) is 0 Å². The first-order valence-electron chi connectivity index (χ1n) is 7.19. The van der Waals surface area contributed by atoms with Crippen molar-refractivity contribution in [2.45, 2.75) is 52.5 Å². The molecule has 0 aromatic carbocycles. The fourth-order valence-corrected chi connectivity index (χ4v) is 3.38. The van der Waals surface area contributed by atoms with E-state index in [-0.39, 0.29) is 0 Å². The molecule has 2 aliphatic rings. The minimum absolute atomic E-state index is 0.306. The van der Waals surface area contributed by atoms with E-state index in [1.165, 1.54) is 19.3 Å². The van der Waals surface area contributed by atoms with E-state index in [1.54, 1.807) is 0 Å². The van der Waals surface area contributed by atoms with Gasteiger partial charge in [-0.25, -0.2) is 0 Å². The van der Waals surface area contributed by atoms with Gasteiger partial charge in [-0.2, -0.15) is 0 Å². The molecule has 2 heterocycles. The molecule has 17 heavy (non-hydrogen) atoms. The Balaban J connectivity index is 1.77. The Morgan fingerprint density at radius 1 is 1.18 bits per heavy atom. The molecule has 2 saturated heterocycles. The average Bonchev–Trinajstić information content (AvgIpc) is 2.60. The molecule has 0 bridgehead atoms. The number of nitrogens with zero attached hydrogens (tertiary/aromatic N) is 2. The standard InChI is InChI=1S/C14H27FN2/c1-4-13(6-5-12(2)3)16-9-14(10-16)7-8-17(15)11-14/h12-13H,4-11H2,1-3H3. The van der Waals surface area contributed by atoms with Crippen LogP contribution >= 0.6 is 0 Å². The van der Waals surface area contributed by atoms with E-state index in [1.807, 2.05) is 0 Å². The van der Waals surface area contributed by atoms with E-state index in [0.29, 0.717) is 18.5 Å². The second-order valence-corrected chi connectivity index (χ2v) is 6.53. The van der Waals surface area contributed by atoms with Crippen LogP contribution in [0.4, 0.5) is 4.48 Å². The van der Waals surface area contributed by atoms with Crippen molar-refractivity contribution >= 4 is 0 Å². The number of hydrogen-bond donors (Lipinski definition) is 0. The number of hydrogen-bond acceptors (Lipinski definition) is 2. The minimum atomic E-state index is 0.306. The third-order valence-electron chi connectivity index (χ3n) is 4.53. The molecule has 1 spiro atoms. The Bertz CT molecular complexity index is 249. The van der Waals surface area contributed by atoms with Gasteiger partial charge in [0.15, 0.2) is 0 Å². The van der Waals surface area contributed by atoms with Gasteiger partial charge in [-0.15, -0.1) is 9.60 Å². The Hall–Kier alpha value is -0.150. The van der Waals surface area contributed by atoms with E-state index in [0.717, 1.165) is 36.6 Å². The molecule has 1 atom stereocenters. The molecule has 3 heteroatoms. The highest BCUT2D eigenvalue weighted by Crippen LogP contribution is 2.41. The fourth-order valence-electron chi connectivity index (χ4n) is 3.38. The minimum Gasteiger partial charge on any atom is -0.299 e. The summed E-state index contributed by atoms with van der Waals surface area (Å²) in [4.78, 5) is 2.58. The predicted molar refractivity (Wildman–Crippen MR) is 69.5 cm³/mol. The van der Waals surface area contributed by atoms with Crippen LogP contribution in [-0.2, 0) is 0 Å². The van der Waals surface area contributed by atoms with Crippen LogP contribution in [0.2, 0.25) is 0 Å². The normalized spacial score (nSPS) is 26.6. The average molecular weight is 242 g/mol. The summed E-state index contributed by atoms with van der Waals surface area (Å²) >= 11 is 0. The van der Waals surface area contributed by atoms with Gasteiger partial charge in [0.2, 0.25) is 0 Å². The summed E-state index contributed by atoms with van der Waals surface area (Å²) in [5, 5.41) is 1.01. The maximum Gasteiger partial charge on any atom is 0.0372 e. The van der Waals surface area contributed by atoms with Crippen molar-refractivity contribution in [3.8, 4) is 0 Å². The van der Waals surface area contributed by atoms with Crippen LogP contribution in [0, 0.1) is 11.3 Å². The molecule has 1 unspecified atom stereocenters. The Morgan fingerprint density at radius 2 is 1.88 bits per heavy atom. The van der Waals surface area contributed by atoms with Crippen molar-refractivity contribution in [3.05, 3.63) is 0 Å². The van der Waals surface area contributed by atoms with Crippen molar-refractivity contribution in [2.24, 2.45) is 11.3 Å². The fraction of sp³-hybridized carbons (Fsp3) is 1.00. The summed E-state index contributed by atoms with van der Waals surface area (Å²) in [5.41, 5.74) is 0.306. The van der Waals surface area contributed by atoms with Crippen molar-refractivity contribution in [1.82, 2.24) is 10.0 Å². The van der Waals surface area contributed by atoms with Crippen molar-refractivity contribution in [1.29, 1.82) is 0 Å². The number of likely N-dealkylation sites (tertiary alicyclic amines) is 1. The molecule has 2 rings (SSSR count). The molecule has 2 aliphatic heterocycles. The monoisotopic (exact) mass is 242 g/mol. The van der Waals surface area contributed by atoms with Gasteiger partial charge in [-0.1, -0.05) is 20.8 Å². The summed E-state index contributed by atoms with van der Waals surface area (Å²) in [5.74, 6) is 0.798. The lowest BCUT2D eigenvalue weighted by molar-refractivity contribution is -0.0488. The summed E-state index contributed by atoms with van der Waals surface area (Å²) in [6, 6.07) is 0.733. The van der Waals surface area contributed by atoms with Crippen LogP contribution in [0.5, 0.6) is 0 Å². The molecular formula is C14H27FN2. The molecule has 0 amide bonds. The van der Waals surface area contributed by atoms with Gasteiger partial charge in [0.05, 0.1) is 0 Å². The van der Waals surface area contributed by atoms with Gasteiger partial charge < -0.3 is 0 Å². The lowest BCUT2D eigenvalue weighted by Gasteiger charge is -2.51. The van der Waals surface area contributed by atoms with Crippen LogP contribution < -0.4 is 0 Å². The molecule has 0 aliphatic carbocycles. The third-order valence-corrected chi connectivity index (χ3v) is 4.53. The van der Waals surface area contributed by atoms with Crippen LogP contribution in [0.1, 0.15) is 46.5 Å². The molecule has 0 aromatic heterocycles. The molecular weight excluding hydrogens is 215 g/mol. The van der Waals surface area contributed by atoms with Gasteiger partial charge in [0.1, 0.15) is 0 Å². The molecule has 2 fully saturated rings. The first-order chi connectivity index (χ1) is 8.04. The lowest BCUT2D eigenvalue weighted by Crippen LogP contribution is -2.60. The quantitative estimate of drug-likeness (QED) is 0.684. The highest BCUT2D eigenvalue weighted by molar-refractivity contribution is 5.01. The van der Waals surface area contributed by atoms with E-state index >= 15 is 0 Å². The smallest absolute Gasteiger partial charge is 0.0372 e. The van der Waals surface area contributed by atoms with Gasteiger partial charge >= 0.3 is 0 Å². The van der Waals surface area contributed by atoms with Gasteiger partial charge in [0.25, 0.3) is 0 Å². The summed E-state index contributed by atoms with van der Waals surface area (Å²) in [6.07, 6.45) is 4.92. The number of rotatable bonds is 5. The highest BCUT2D eigenvalue weighted by Gasteiger charge is 2.49. The first kappa shape index (κ1) is 13.3. The first-order valence-corrected chi connectivity index (χ1v) is 7.19. The Morgan fingerprint density at radius 3 is 2.35 bits per heavy atom. The largest absolute Gasteiger partial charge is 0.299 e. The van der Waals surface area contributed by atoms with Gasteiger partial charge in [-0.05, 0) is 31.6 Å². The van der Waals surface area contributed by atoms with Crippen LogP contribution in [0.3, 0.4) is 0 Å². The van der Waals surface area contributed by atoms with Crippen molar-refractivity contribution in [3.63, 3.8) is 0 Å². The molecule has 0 aromatic rings. The van der Waals surface area contributed by atoms with Gasteiger partial charge in [-0.3, -0.25) is 4.90 Å². The Labute approximate surface area is 105 Å². The predicted octanol–water partition coefficient (Wildman–Crippen LogP) is 3.09. The third kappa shape index (κ3) is 3.00. The molecule has 2 nitrogen and oxygen atoms in total. The summed E-state index contributed by atoms with van der Waals surface area (Å²) in [7, 11) is 0. The zero-order chi connectivity index (χ0) is 12.5. The maximum atomic E-state index is 13.1. The van der Waals surface area contributed by atoms with E-state index in [2.05, 4.69) is 25.7 Å². The topological polar surface area (TPSA) is 6.48 Å². The molecule has 0 N–H and O–H groups in total. The zero-order valence-electron chi connectivity index (χ0n) is 11.6. The zero-order valence-corrected chi connectivity index (χ0v) is 11.6. The summed E-state index contributed by atoms with van der Waals surface area (Å²) < 4.78 is 13.1. The van der Waals surface area contributed by atoms with Crippen LogP contribution in [-0.4, -0.2) is 42.2 Å². The van der Waals surface area contributed by atoms with E-state index in [4.69, 9.17) is 0 Å². The van der Waals surface area contributed by atoms with Crippen molar-refractivity contribution < 1.29 is 4.48 Å². The second-order valence-electron chi connectivity index (χ2n) is 6.53. The molecule has 0 radical (unpaired) electrons. The lowest BCUT2D eigenvalue weighted by atomic mass is 9.77. The number of halogens is 1. The highest BCUT2D eigenvalue weighted by atomic mass is 19.2. The van der Waals surface area contributed by atoms with Crippen molar-refractivity contribution in [2.75, 3.05) is 26.2 Å².